The Kier molecular flexibility index (Phi) is 4.84. The molecule has 0 atom stereocenters. The molecule has 140 valence electrons. The Hall–Kier alpha value is -2.82. The Morgan fingerprint density at radius 1 is 1.22 bits per heavy atom. The first-order valence-electron chi connectivity index (χ1n) is 9.54. The monoisotopic (exact) mass is 363 g/mol. The fourth-order valence-corrected chi connectivity index (χ4v) is 3.65. The van der Waals surface area contributed by atoms with Gasteiger partial charge in [0.05, 0.1) is 12.7 Å². The average Bonchev–Trinajstić information content (AvgIpc) is 3.34. The van der Waals surface area contributed by atoms with Crippen molar-refractivity contribution < 1.29 is 9.21 Å². The number of fused-ring (bicyclic) bond motifs is 1. The number of pyridine rings is 1. The van der Waals surface area contributed by atoms with Crippen molar-refractivity contribution in [3.8, 4) is 0 Å². The van der Waals surface area contributed by atoms with Gasteiger partial charge in [0.25, 0.3) is 0 Å². The van der Waals surface area contributed by atoms with Crippen LogP contribution in [0.1, 0.15) is 35.1 Å². The molecule has 1 N–H and O–H groups in total. The number of hydrogen-bond donors (Lipinski definition) is 1. The lowest BCUT2D eigenvalue weighted by molar-refractivity contribution is -0.120. The molecule has 1 aliphatic heterocycles. The van der Waals surface area contributed by atoms with Crippen molar-refractivity contribution in [2.24, 2.45) is 0 Å². The molecule has 1 amide bonds. The lowest BCUT2D eigenvalue weighted by Crippen LogP contribution is -2.25. The minimum atomic E-state index is -0.00420. The number of carbonyl (C=O) groups excluding carboxylic acids is 1. The van der Waals surface area contributed by atoms with E-state index in [9.17, 15) is 4.79 Å². The van der Waals surface area contributed by atoms with Gasteiger partial charge in [-0.3, -0.25) is 4.79 Å². The molecule has 1 aliphatic rings. The number of furan rings is 1. The van der Waals surface area contributed by atoms with Gasteiger partial charge in [-0.05, 0) is 55.5 Å². The van der Waals surface area contributed by atoms with Crippen LogP contribution in [-0.2, 0) is 17.8 Å². The number of anilines is 1. The number of carbonyl (C=O) groups is 1. The minimum Gasteiger partial charge on any atom is -0.464 e. The second kappa shape index (κ2) is 7.43. The quantitative estimate of drug-likeness (QED) is 0.747. The molecule has 0 radical (unpaired) electrons. The van der Waals surface area contributed by atoms with Crippen LogP contribution in [0.2, 0.25) is 0 Å². The standard InChI is InChI=1S/C22H25N3O2/c1-15-5-6-19-18(14-27-22(19)16(15)2)12-21(26)24-13-17-7-8-23-20(11-17)25-9-3-4-10-25/h5-8,11,14H,3-4,9-10,12-13H2,1-2H3,(H,24,26). The van der Waals surface area contributed by atoms with Crippen molar-refractivity contribution in [3.63, 3.8) is 0 Å². The molecule has 27 heavy (non-hydrogen) atoms. The zero-order valence-corrected chi connectivity index (χ0v) is 15.9. The van der Waals surface area contributed by atoms with Crippen molar-refractivity contribution in [3.05, 3.63) is 59.0 Å². The van der Waals surface area contributed by atoms with Crippen molar-refractivity contribution >= 4 is 22.7 Å². The van der Waals surface area contributed by atoms with Crippen LogP contribution in [0.5, 0.6) is 0 Å². The summed E-state index contributed by atoms with van der Waals surface area (Å²) < 4.78 is 5.70. The number of nitrogens with zero attached hydrogens (tertiary/aromatic N) is 2. The lowest BCUT2D eigenvalue weighted by Gasteiger charge is -2.17. The topological polar surface area (TPSA) is 58.4 Å². The predicted octanol–water partition coefficient (Wildman–Crippen LogP) is 3.90. The summed E-state index contributed by atoms with van der Waals surface area (Å²) in [6, 6.07) is 8.14. The maximum atomic E-state index is 12.4. The number of aromatic nitrogens is 1. The minimum absolute atomic E-state index is 0.00420. The van der Waals surface area contributed by atoms with E-state index in [-0.39, 0.29) is 5.91 Å². The first-order valence-corrected chi connectivity index (χ1v) is 9.54. The Labute approximate surface area is 159 Å². The first kappa shape index (κ1) is 17.6. The van der Waals surface area contributed by atoms with Crippen LogP contribution in [-0.4, -0.2) is 24.0 Å². The highest BCUT2D eigenvalue weighted by molar-refractivity contribution is 5.89. The van der Waals surface area contributed by atoms with Gasteiger partial charge < -0.3 is 14.6 Å². The van der Waals surface area contributed by atoms with Crippen LogP contribution >= 0.6 is 0 Å². The first-order chi connectivity index (χ1) is 13.1. The number of rotatable bonds is 5. The fourth-order valence-electron chi connectivity index (χ4n) is 3.65. The molecule has 0 bridgehead atoms. The molecule has 3 aromatic rings. The lowest BCUT2D eigenvalue weighted by atomic mass is 10.0. The fraction of sp³-hybridized carbons (Fsp3) is 0.364. The van der Waals surface area contributed by atoms with Crippen LogP contribution < -0.4 is 10.2 Å². The Balaban J connectivity index is 1.40. The predicted molar refractivity (Wildman–Crippen MR) is 107 cm³/mol. The van der Waals surface area contributed by atoms with Gasteiger partial charge in [0.2, 0.25) is 5.91 Å². The second-order valence-electron chi connectivity index (χ2n) is 7.32. The van der Waals surface area contributed by atoms with Crippen LogP contribution in [0.4, 0.5) is 5.82 Å². The maximum Gasteiger partial charge on any atom is 0.224 e. The molecule has 5 heteroatoms. The zero-order valence-electron chi connectivity index (χ0n) is 15.9. The summed E-state index contributed by atoms with van der Waals surface area (Å²) in [5.41, 5.74) is 5.20. The summed E-state index contributed by atoms with van der Waals surface area (Å²) >= 11 is 0. The van der Waals surface area contributed by atoms with Crippen molar-refractivity contribution in [2.45, 2.75) is 39.7 Å². The third-order valence-corrected chi connectivity index (χ3v) is 5.42. The maximum absolute atomic E-state index is 12.4. The van der Waals surface area contributed by atoms with Gasteiger partial charge in [-0.2, -0.15) is 0 Å². The molecular weight excluding hydrogens is 338 g/mol. The molecule has 0 spiro atoms. The number of amides is 1. The molecule has 4 rings (SSSR count). The van der Waals surface area contributed by atoms with E-state index >= 15 is 0 Å². The highest BCUT2D eigenvalue weighted by atomic mass is 16.3. The molecule has 1 aromatic carbocycles. The van der Waals surface area contributed by atoms with E-state index in [2.05, 4.69) is 34.3 Å². The van der Waals surface area contributed by atoms with E-state index in [4.69, 9.17) is 4.42 Å². The molecule has 0 saturated carbocycles. The zero-order chi connectivity index (χ0) is 18.8. The van der Waals surface area contributed by atoms with E-state index in [0.29, 0.717) is 13.0 Å². The number of nitrogens with one attached hydrogen (secondary N) is 1. The Morgan fingerprint density at radius 2 is 2.04 bits per heavy atom. The Morgan fingerprint density at radius 3 is 2.85 bits per heavy atom. The van der Waals surface area contributed by atoms with Crippen LogP contribution in [0.15, 0.2) is 41.1 Å². The van der Waals surface area contributed by atoms with E-state index in [1.54, 1.807) is 6.26 Å². The summed E-state index contributed by atoms with van der Waals surface area (Å²) in [6.07, 6.45) is 6.29. The van der Waals surface area contributed by atoms with Gasteiger partial charge >= 0.3 is 0 Å². The van der Waals surface area contributed by atoms with Crippen LogP contribution in [0.25, 0.3) is 11.0 Å². The highest BCUT2D eigenvalue weighted by Gasteiger charge is 2.15. The Bertz CT molecular complexity index is 971. The highest BCUT2D eigenvalue weighted by Crippen LogP contribution is 2.26. The molecule has 0 unspecified atom stereocenters. The SMILES string of the molecule is Cc1ccc2c(CC(=O)NCc3ccnc(N4CCCC4)c3)coc2c1C. The smallest absolute Gasteiger partial charge is 0.224 e. The summed E-state index contributed by atoms with van der Waals surface area (Å²) in [5.74, 6) is 1.00. The van der Waals surface area contributed by atoms with Gasteiger partial charge in [-0.1, -0.05) is 12.1 Å². The number of benzene rings is 1. The molecule has 1 saturated heterocycles. The third-order valence-electron chi connectivity index (χ3n) is 5.42. The van der Waals surface area contributed by atoms with E-state index in [1.165, 1.54) is 18.4 Å². The normalized spacial score (nSPS) is 14.1. The summed E-state index contributed by atoms with van der Waals surface area (Å²) in [6.45, 7) is 6.75. The molecule has 1 fully saturated rings. The average molecular weight is 363 g/mol. The van der Waals surface area contributed by atoms with Gasteiger partial charge in [0, 0.05) is 36.8 Å². The molecule has 3 heterocycles. The molecule has 5 nitrogen and oxygen atoms in total. The van der Waals surface area contributed by atoms with Crippen molar-refractivity contribution in [1.82, 2.24) is 10.3 Å². The second-order valence-corrected chi connectivity index (χ2v) is 7.32. The van der Waals surface area contributed by atoms with Crippen LogP contribution in [0, 0.1) is 13.8 Å². The van der Waals surface area contributed by atoms with Gasteiger partial charge in [-0.15, -0.1) is 0 Å². The van der Waals surface area contributed by atoms with Crippen LogP contribution in [0.3, 0.4) is 0 Å². The summed E-state index contributed by atoms with van der Waals surface area (Å²) in [7, 11) is 0. The molecule has 0 aliphatic carbocycles. The van der Waals surface area contributed by atoms with E-state index in [0.717, 1.165) is 46.6 Å². The van der Waals surface area contributed by atoms with Gasteiger partial charge in [0.1, 0.15) is 11.4 Å². The van der Waals surface area contributed by atoms with Crippen molar-refractivity contribution in [2.75, 3.05) is 18.0 Å². The molecular formula is C22H25N3O2. The molecule has 2 aromatic heterocycles. The third kappa shape index (κ3) is 3.68. The van der Waals surface area contributed by atoms with Crippen molar-refractivity contribution in [1.29, 1.82) is 0 Å². The number of aryl methyl sites for hydroxylation is 2. The number of hydrogen-bond acceptors (Lipinski definition) is 4. The van der Waals surface area contributed by atoms with E-state index < -0.39 is 0 Å². The van der Waals surface area contributed by atoms with E-state index in [1.807, 2.05) is 25.3 Å². The van der Waals surface area contributed by atoms with Gasteiger partial charge in [0.15, 0.2) is 0 Å². The van der Waals surface area contributed by atoms with Gasteiger partial charge in [-0.25, -0.2) is 4.98 Å². The largest absolute Gasteiger partial charge is 0.464 e. The summed E-state index contributed by atoms with van der Waals surface area (Å²) in [4.78, 5) is 19.2. The summed E-state index contributed by atoms with van der Waals surface area (Å²) in [5, 5.41) is 4.04.